The Bertz CT molecular complexity index is 960. The minimum atomic E-state index is -0.246. The van der Waals surface area contributed by atoms with Gasteiger partial charge in [-0.05, 0) is 24.5 Å². The van der Waals surface area contributed by atoms with Crippen LogP contribution in [0.1, 0.15) is 30.6 Å². The molecule has 3 rings (SSSR count). The number of carbonyl (C=O) groups excluding carboxylic acids is 1. The normalized spacial score (nSPS) is 11.3. The highest BCUT2D eigenvalue weighted by molar-refractivity contribution is 5.99. The Labute approximate surface area is 164 Å². The number of methoxy groups -OCH3 is 1. The van der Waals surface area contributed by atoms with E-state index in [-0.39, 0.29) is 11.5 Å². The summed E-state index contributed by atoms with van der Waals surface area (Å²) in [4.78, 5) is 25.8. The second kappa shape index (κ2) is 8.84. The monoisotopic (exact) mass is 382 g/mol. The highest BCUT2D eigenvalue weighted by Gasteiger charge is 2.24. The molecule has 0 aliphatic carbocycles. The molecule has 2 heterocycles. The first-order chi connectivity index (χ1) is 13.5. The predicted octanol–water partition coefficient (Wildman–Crippen LogP) is 2.56. The fourth-order valence-corrected chi connectivity index (χ4v) is 2.97. The predicted molar refractivity (Wildman–Crippen MR) is 108 cm³/mol. The van der Waals surface area contributed by atoms with Crippen LogP contribution in [0.5, 0.6) is 0 Å². The first kappa shape index (κ1) is 19.8. The van der Waals surface area contributed by atoms with Gasteiger partial charge in [0.05, 0.1) is 23.4 Å². The average Bonchev–Trinajstić information content (AvgIpc) is 3.02. The average molecular weight is 382 g/mol. The second-order valence-electron chi connectivity index (χ2n) is 7.16. The first-order valence-corrected chi connectivity index (χ1v) is 9.46. The van der Waals surface area contributed by atoms with Gasteiger partial charge < -0.3 is 14.6 Å². The Morgan fingerprint density at radius 2 is 1.96 bits per heavy atom. The maximum absolute atomic E-state index is 13.0. The molecule has 0 fully saturated rings. The molecule has 0 saturated heterocycles. The topological polar surface area (TPSA) is 78.2 Å². The molecule has 0 aromatic heterocycles. The first-order valence-electron chi connectivity index (χ1n) is 9.46. The fourth-order valence-electron chi connectivity index (χ4n) is 2.97. The summed E-state index contributed by atoms with van der Waals surface area (Å²) in [6, 6.07) is 9.20. The van der Waals surface area contributed by atoms with Crippen LogP contribution in [0.15, 0.2) is 47.5 Å². The van der Waals surface area contributed by atoms with Crippen molar-refractivity contribution < 1.29 is 9.53 Å². The molecule has 148 valence electrons. The van der Waals surface area contributed by atoms with E-state index in [4.69, 9.17) is 4.74 Å². The summed E-state index contributed by atoms with van der Waals surface area (Å²) in [5.41, 5.74) is 1.63. The number of nitrogens with zero attached hydrogens (tertiary/aromatic N) is 3. The number of amides is 1. The number of pyridine rings is 1. The molecule has 0 saturated carbocycles. The summed E-state index contributed by atoms with van der Waals surface area (Å²) >= 11 is 0. The second-order valence-corrected chi connectivity index (χ2v) is 7.16. The van der Waals surface area contributed by atoms with E-state index < -0.39 is 0 Å². The van der Waals surface area contributed by atoms with Crippen LogP contribution in [0.4, 0.5) is 0 Å². The largest absolute Gasteiger partial charge is 0.383 e. The highest BCUT2D eigenvalue weighted by Crippen LogP contribution is 2.22. The van der Waals surface area contributed by atoms with Gasteiger partial charge in [-0.25, -0.2) is 0 Å². The van der Waals surface area contributed by atoms with Crippen molar-refractivity contribution in [3.8, 4) is 16.9 Å². The molecule has 0 spiro atoms. The maximum atomic E-state index is 13.0. The molecule has 28 heavy (non-hydrogen) atoms. The van der Waals surface area contributed by atoms with E-state index in [0.717, 1.165) is 6.42 Å². The number of rotatable bonds is 8. The van der Waals surface area contributed by atoms with Crippen molar-refractivity contribution >= 4 is 5.91 Å². The van der Waals surface area contributed by atoms with Gasteiger partial charge in [0.1, 0.15) is 5.69 Å². The molecule has 0 radical (unpaired) electrons. The van der Waals surface area contributed by atoms with Crippen molar-refractivity contribution in [1.29, 1.82) is 0 Å². The van der Waals surface area contributed by atoms with E-state index >= 15 is 0 Å². The van der Waals surface area contributed by atoms with Gasteiger partial charge in [0.2, 0.25) is 0 Å². The summed E-state index contributed by atoms with van der Waals surface area (Å²) < 4.78 is 8.28. The van der Waals surface area contributed by atoms with Gasteiger partial charge in [-0.1, -0.05) is 32.0 Å². The molecule has 2 aliphatic rings. The summed E-state index contributed by atoms with van der Waals surface area (Å²) in [5, 5.41) is 7.41. The molecule has 0 bridgehead atoms. The number of benzene rings is 1. The number of fused-ring (bicyclic) bond motifs is 1. The maximum Gasteiger partial charge on any atom is 0.282 e. The Hall–Kier alpha value is -2.93. The van der Waals surface area contributed by atoms with Gasteiger partial charge in [0.15, 0.2) is 0 Å². The van der Waals surface area contributed by atoms with Crippen molar-refractivity contribution in [3.63, 3.8) is 0 Å². The van der Waals surface area contributed by atoms with Gasteiger partial charge in [0, 0.05) is 32.6 Å². The number of hydrogen-bond acceptors (Lipinski definition) is 4. The molecular formula is C21H26N4O3. The molecule has 7 heteroatoms. The van der Waals surface area contributed by atoms with Crippen LogP contribution in [0, 0.1) is 5.92 Å². The molecule has 2 aliphatic heterocycles. The van der Waals surface area contributed by atoms with E-state index in [2.05, 4.69) is 24.3 Å². The van der Waals surface area contributed by atoms with E-state index in [0.29, 0.717) is 48.1 Å². The lowest BCUT2D eigenvalue weighted by molar-refractivity contribution is 0.0951. The number of nitrogens with one attached hydrogen (secondary N) is 1. The minimum Gasteiger partial charge on any atom is -0.383 e. The fraction of sp³-hybridized carbons (Fsp3) is 0.381. The van der Waals surface area contributed by atoms with Crippen molar-refractivity contribution in [3.05, 3.63) is 58.6 Å². The molecular weight excluding hydrogens is 356 g/mol. The van der Waals surface area contributed by atoms with Crippen molar-refractivity contribution in [1.82, 2.24) is 19.7 Å². The van der Waals surface area contributed by atoms with Crippen molar-refractivity contribution in [2.75, 3.05) is 20.3 Å². The zero-order valence-corrected chi connectivity index (χ0v) is 16.5. The summed E-state index contributed by atoms with van der Waals surface area (Å²) in [6.45, 7) is 5.81. The third-order valence-electron chi connectivity index (χ3n) is 4.53. The third-order valence-corrected chi connectivity index (χ3v) is 4.53. The van der Waals surface area contributed by atoms with Crippen LogP contribution in [-0.4, -0.2) is 40.5 Å². The highest BCUT2D eigenvalue weighted by atomic mass is 16.5. The van der Waals surface area contributed by atoms with Crippen LogP contribution in [-0.2, 0) is 11.3 Å². The van der Waals surface area contributed by atoms with Crippen LogP contribution in [0.25, 0.3) is 16.9 Å². The number of para-hydroxylation sites is 1. The van der Waals surface area contributed by atoms with E-state index in [1.165, 1.54) is 4.68 Å². The van der Waals surface area contributed by atoms with Crippen LogP contribution >= 0.6 is 0 Å². The summed E-state index contributed by atoms with van der Waals surface area (Å²) in [6.07, 6.45) is 4.35. The molecule has 1 N–H and O–H groups in total. The van der Waals surface area contributed by atoms with E-state index in [9.17, 15) is 9.59 Å². The summed E-state index contributed by atoms with van der Waals surface area (Å²) in [5.74, 6) is 0.267. The summed E-state index contributed by atoms with van der Waals surface area (Å²) in [7, 11) is 1.62. The van der Waals surface area contributed by atoms with Gasteiger partial charge in [-0.2, -0.15) is 9.78 Å². The standard InChI is InChI=1S/C21H26N4O3/c1-15(2)9-10-22-20(26)17-13-24(11-12-28-3)14-18-19(17)23-25(21(18)27)16-7-5-4-6-8-16/h4-8,13-15H,9-12H2,1-3H3,(H,22,26). The van der Waals surface area contributed by atoms with Crippen LogP contribution < -0.4 is 10.9 Å². The number of carbonyl (C=O) groups is 1. The number of hydrogen-bond donors (Lipinski definition) is 1. The van der Waals surface area contributed by atoms with E-state index in [1.807, 2.05) is 34.9 Å². The quantitative estimate of drug-likeness (QED) is 0.649. The van der Waals surface area contributed by atoms with Gasteiger partial charge in [-0.3, -0.25) is 9.59 Å². The Balaban J connectivity index is 2.04. The molecule has 1 aromatic carbocycles. The lowest BCUT2D eigenvalue weighted by Gasteiger charge is -2.13. The van der Waals surface area contributed by atoms with Gasteiger partial charge >= 0.3 is 0 Å². The SMILES string of the molecule is COCCn1cc(C(=O)NCCC(C)C)c2nn(-c3ccccc3)c(=O)c-2c1. The van der Waals surface area contributed by atoms with Gasteiger partial charge in [-0.15, -0.1) is 0 Å². The Morgan fingerprint density at radius 1 is 1.21 bits per heavy atom. The number of ether oxygens (including phenoxy) is 1. The van der Waals surface area contributed by atoms with Gasteiger partial charge in [0.25, 0.3) is 11.5 Å². The smallest absolute Gasteiger partial charge is 0.282 e. The zero-order chi connectivity index (χ0) is 20.1. The van der Waals surface area contributed by atoms with Crippen LogP contribution in [0.2, 0.25) is 0 Å². The molecule has 1 amide bonds. The molecule has 1 aromatic rings. The van der Waals surface area contributed by atoms with Crippen LogP contribution in [0.3, 0.4) is 0 Å². The molecule has 7 nitrogen and oxygen atoms in total. The lowest BCUT2D eigenvalue weighted by atomic mass is 10.1. The van der Waals surface area contributed by atoms with E-state index in [1.54, 1.807) is 19.5 Å². The van der Waals surface area contributed by atoms with Crippen molar-refractivity contribution in [2.24, 2.45) is 5.92 Å². The number of aromatic nitrogens is 3. The lowest BCUT2D eigenvalue weighted by Crippen LogP contribution is -2.27. The molecule has 0 atom stereocenters. The third kappa shape index (κ3) is 4.31. The minimum absolute atomic E-state index is 0.227. The van der Waals surface area contributed by atoms with Crippen molar-refractivity contribution in [2.45, 2.75) is 26.8 Å². The Kier molecular flexibility index (Phi) is 6.26. The zero-order valence-electron chi connectivity index (χ0n) is 16.5. The molecule has 0 unspecified atom stereocenters. The Morgan fingerprint density at radius 3 is 2.64 bits per heavy atom.